The van der Waals surface area contributed by atoms with E-state index in [4.69, 9.17) is 11.6 Å². The Balaban J connectivity index is 2.21. The lowest BCUT2D eigenvalue weighted by atomic mass is 10.1. The van der Waals surface area contributed by atoms with E-state index in [-0.39, 0.29) is 5.02 Å². The first kappa shape index (κ1) is 14.5. The number of alkyl halides is 3. The second-order valence-electron chi connectivity index (χ2n) is 4.67. The van der Waals surface area contributed by atoms with Gasteiger partial charge in [0.25, 0.3) is 0 Å². The van der Waals surface area contributed by atoms with E-state index in [1.165, 1.54) is 6.07 Å². The minimum Gasteiger partial charge on any atom is -0.367 e. The van der Waals surface area contributed by atoms with Crippen molar-refractivity contribution in [2.24, 2.45) is 0 Å². The fourth-order valence-electron chi connectivity index (χ4n) is 2.26. The quantitative estimate of drug-likeness (QED) is 0.897. The van der Waals surface area contributed by atoms with Crippen molar-refractivity contribution in [2.45, 2.75) is 25.6 Å². The minimum atomic E-state index is -4.35. The number of hydrogen-bond acceptors (Lipinski definition) is 2. The van der Waals surface area contributed by atoms with Crippen LogP contribution in [0.3, 0.4) is 0 Å². The predicted molar refractivity (Wildman–Crippen MR) is 70.7 cm³/mol. The van der Waals surface area contributed by atoms with Gasteiger partial charge in [0, 0.05) is 25.7 Å². The second-order valence-corrected chi connectivity index (χ2v) is 5.08. The second kappa shape index (κ2) is 5.59. The summed E-state index contributed by atoms with van der Waals surface area (Å²) in [5, 5.41) is 3.52. The highest BCUT2D eigenvalue weighted by Crippen LogP contribution is 2.35. The molecule has 106 valence electrons. The number of nitrogens with one attached hydrogen (secondary N) is 1. The van der Waals surface area contributed by atoms with Gasteiger partial charge >= 0.3 is 6.18 Å². The van der Waals surface area contributed by atoms with Gasteiger partial charge in [-0.1, -0.05) is 18.5 Å². The van der Waals surface area contributed by atoms with Crippen molar-refractivity contribution in [1.29, 1.82) is 0 Å². The van der Waals surface area contributed by atoms with Gasteiger partial charge in [-0.05, 0) is 24.6 Å². The van der Waals surface area contributed by atoms with Crippen LogP contribution in [0.25, 0.3) is 0 Å². The van der Waals surface area contributed by atoms with Gasteiger partial charge in [-0.25, -0.2) is 0 Å². The van der Waals surface area contributed by atoms with Crippen molar-refractivity contribution >= 4 is 17.3 Å². The summed E-state index contributed by atoms with van der Waals surface area (Å²) in [5.74, 6) is 0. The summed E-state index contributed by atoms with van der Waals surface area (Å²) in [4.78, 5) is 2.03. The number of nitrogens with zero attached hydrogens (tertiary/aromatic N) is 1. The summed E-state index contributed by atoms with van der Waals surface area (Å²) >= 11 is 6.00. The highest BCUT2D eigenvalue weighted by atomic mass is 35.5. The minimum absolute atomic E-state index is 0.159. The maximum atomic E-state index is 12.6. The molecule has 1 saturated heterocycles. The molecule has 2 nitrogen and oxygen atoms in total. The van der Waals surface area contributed by atoms with E-state index in [0.717, 1.165) is 38.2 Å². The van der Waals surface area contributed by atoms with E-state index in [1.54, 1.807) is 0 Å². The molecule has 0 spiro atoms. The van der Waals surface area contributed by atoms with Gasteiger partial charge in [-0.3, -0.25) is 0 Å². The van der Waals surface area contributed by atoms with E-state index in [1.807, 2.05) is 4.90 Å². The third-order valence-electron chi connectivity index (χ3n) is 3.36. The summed E-state index contributed by atoms with van der Waals surface area (Å²) in [5.41, 5.74) is -0.0296. The molecule has 1 heterocycles. The average molecular weight is 293 g/mol. The molecule has 1 N–H and O–H groups in total. The number of halogens is 4. The zero-order valence-corrected chi connectivity index (χ0v) is 11.4. The molecule has 0 saturated carbocycles. The molecule has 2 rings (SSSR count). The molecule has 19 heavy (non-hydrogen) atoms. The maximum Gasteiger partial charge on any atom is 0.416 e. The summed E-state index contributed by atoms with van der Waals surface area (Å²) in [6.07, 6.45) is -3.37. The van der Waals surface area contributed by atoms with Crippen LogP contribution in [-0.2, 0) is 6.18 Å². The molecular formula is C13H16ClF3N2. The molecule has 0 amide bonds. The molecule has 1 fully saturated rings. The van der Waals surface area contributed by atoms with E-state index >= 15 is 0 Å². The van der Waals surface area contributed by atoms with Crippen LogP contribution in [0.4, 0.5) is 18.9 Å². The molecule has 1 aromatic carbocycles. The van der Waals surface area contributed by atoms with Gasteiger partial charge in [0.15, 0.2) is 0 Å². The van der Waals surface area contributed by atoms with Crippen LogP contribution in [0, 0.1) is 0 Å². The lowest BCUT2D eigenvalue weighted by Gasteiger charge is -2.35. The van der Waals surface area contributed by atoms with Crippen molar-refractivity contribution in [1.82, 2.24) is 5.32 Å². The van der Waals surface area contributed by atoms with E-state index in [2.05, 4.69) is 12.2 Å². The van der Waals surface area contributed by atoms with Crippen LogP contribution in [0.2, 0.25) is 5.02 Å². The normalized spacial score (nSPS) is 20.7. The summed E-state index contributed by atoms with van der Waals surface area (Å²) in [7, 11) is 0. The lowest BCUT2D eigenvalue weighted by Crippen LogP contribution is -2.50. The van der Waals surface area contributed by atoms with Crippen LogP contribution in [0.5, 0.6) is 0 Å². The average Bonchev–Trinajstić information content (AvgIpc) is 2.37. The molecule has 1 atom stereocenters. The van der Waals surface area contributed by atoms with Gasteiger partial charge in [0.05, 0.1) is 16.3 Å². The van der Waals surface area contributed by atoms with Crippen molar-refractivity contribution in [2.75, 3.05) is 24.5 Å². The van der Waals surface area contributed by atoms with Crippen LogP contribution in [0.15, 0.2) is 18.2 Å². The Morgan fingerprint density at radius 3 is 2.74 bits per heavy atom. The zero-order chi connectivity index (χ0) is 14.0. The van der Waals surface area contributed by atoms with Crippen molar-refractivity contribution in [3.63, 3.8) is 0 Å². The largest absolute Gasteiger partial charge is 0.416 e. The number of hydrogen-bond donors (Lipinski definition) is 1. The van der Waals surface area contributed by atoms with Gasteiger partial charge in [0.2, 0.25) is 0 Å². The standard InChI is InChI=1S/C13H16ClF3N2/c1-2-10-8-19(6-5-18-10)12-4-3-9(7-11(12)14)13(15,16)17/h3-4,7,10,18H,2,5-6,8H2,1H3. The Labute approximate surface area is 115 Å². The van der Waals surface area contributed by atoms with Gasteiger partial charge in [-0.15, -0.1) is 0 Å². The Morgan fingerprint density at radius 1 is 1.42 bits per heavy atom. The molecule has 1 aliphatic heterocycles. The first-order valence-electron chi connectivity index (χ1n) is 6.27. The number of anilines is 1. The Kier molecular flexibility index (Phi) is 4.26. The monoisotopic (exact) mass is 292 g/mol. The van der Waals surface area contributed by atoms with Crippen LogP contribution in [0.1, 0.15) is 18.9 Å². The van der Waals surface area contributed by atoms with Gasteiger partial charge in [-0.2, -0.15) is 13.2 Å². The van der Waals surface area contributed by atoms with E-state index in [9.17, 15) is 13.2 Å². The zero-order valence-electron chi connectivity index (χ0n) is 10.6. The highest BCUT2D eigenvalue weighted by Gasteiger charge is 2.31. The highest BCUT2D eigenvalue weighted by molar-refractivity contribution is 6.33. The topological polar surface area (TPSA) is 15.3 Å². The molecule has 6 heteroatoms. The SMILES string of the molecule is CCC1CN(c2ccc(C(F)(F)F)cc2Cl)CCN1. The van der Waals surface area contributed by atoms with Crippen LogP contribution in [-0.4, -0.2) is 25.7 Å². The summed E-state index contributed by atoms with van der Waals surface area (Å²) in [6.45, 7) is 4.41. The number of piperazine rings is 1. The first-order valence-corrected chi connectivity index (χ1v) is 6.64. The molecule has 1 unspecified atom stereocenters. The molecule has 0 bridgehead atoms. The maximum absolute atomic E-state index is 12.6. The Hall–Kier alpha value is -0.940. The van der Waals surface area contributed by atoms with E-state index in [0.29, 0.717) is 11.7 Å². The first-order chi connectivity index (χ1) is 8.91. The van der Waals surface area contributed by atoms with Gasteiger partial charge in [0.1, 0.15) is 0 Å². The van der Waals surface area contributed by atoms with Gasteiger partial charge < -0.3 is 10.2 Å². The van der Waals surface area contributed by atoms with E-state index < -0.39 is 11.7 Å². The smallest absolute Gasteiger partial charge is 0.367 e. The molecule has 1 aromatic rings. The van der Waals surface area contributed by atoms with Crippen molar-refractivity contribution in [3.05, 3.63) is 28.8 Å². The number of benzene rings is 1. The molecular weight excluding hydrogens is 277 g/mol. The Morgan fingerprint density at radius 2 is 2.16 bits per heavy atom. The fourth-order valence-corrected chi connectivity index (χ4v) is 2.56. The molecule has 1 aliphatic rings. The lowest BCUT2D eigenvalue weighted by molar-refractivity contribution is -0.137. The van der Waals surface area contributed by atoms with Crippen LogP contribution >= 0.6 is 11.6 Å². The molecule has 0 radical (unpaired) electrons. The van der Waals surface area contributed by atoms with Crippen molar-refractivity contribution < 1.29 is 13.2 Å². The molecule has 0 aromatic heterocycles. The Bertz CT molecular complexity index is 448. The fraction of sp³-hybridized carbons (Fsp3) is 0.538. The third kappa shape index (κ3) is 3.34. The summed E-state index contributed by atoms with van der Waals surface area (Å²) < 4.78 is 37.7. The summed E-state index contributed by atoms with van der Waals surface area (Å²) in [6, 6.07) is 3.90. The molecule has 0 aliphatic carbocycles. The number of rotatable bonds is 2. The predicted octanol–water partition coefficient (Wildman–Crippen LogP) is 3.55. The van der Waals surface area contributed by atoms with Crippen molar-refractivity contribution in [3.8, 4) is 0 Å². The van der Waals surface area contributed by atoms with Crippen LogP contribution < -0.4 is 10.2 Å². The third-order valence-corrected chi connectivity index (χ3v) is 3.67.